The summed E-state index contributed by atoms with van der Waals surface area (Å²) in [6, 6.07) is 1.31. The molecule has 4 rings (SSSR count). The van der Waals surface area contributed by atoms with Crippen LogP contribution >= 0.6 is 0 Å². The third kappa shape index (κ3) is 2.29. The van der Waals surface area contributed by atoms with Gasteiger partial charge < -0.3 is 14.2 Å². The first-order valence-electron chi connectivity index (χ1n) is 8.93. The summed E-state index contributed by atoms with van der Waals surface area (Å²) >= 11 is 0. The lowest BCUT2D eigenvalue weighted by Gasteiger charge is -2.35. The van der Waals surface area contributed by atoms with E-state index in [1.54, 1.807) is 0 Å². The molecule has 0 aromatic carbocycles. The molecule has 1 aliphatic carbocycles. The zero-order valence-electron chi connectivity index (χ0n) is 14.6. The minimum atomic E-state index is -0.937. The summed E-state index contributed by atoms with van der Waals surface area (Å²) in [4.78, 5) is 26.1. The van der Waals surface area contributed by atoms with Crippen LogP contribution in [0.3, 0.4) is 0 Å². The van der Waals surface area contributed by atoms with E-state index in [0.717, 1.165) is 37.7 Å². The predicted molar refractivity (Wildman–Crippen MR) is 90.2 cm³/mol. The molecule has 1 N–H and O–H groups in total. The van der Waals surface area contributed by atoms with Crippen molar-refractivity contribution >= 4 is 0 Å². The average Bonchev–Trinajstić information content (AvgIpc) is 3.22. The molecule has 1 aromatic heterocycles. The molecule has 2 saturated heterocycles. The monoisotopic (exact) mass is 348 g/mol. The molecule has 2 aliphatic heterocycles. The van der Waals surface area contributed by atoms with E-state index in [0.29, 0.717) is 0 Å². The molecule has 3 aliphatic rings. The number of nitrogens with zero attached hydrogens (tertiary/aromatic N) is 1. The van der Waals surface area contributed by atoms with Crippen LogP contribution in [-0.2, 0) is 14.2 Å². The minimum absolute atomic E-state index is 0.208. The molecule has 3 fully saturated rings. The zero-order valence-corrected chi connectivity index (χ0v) is 14.6. The van der Waals surface area contributed by atoms with Crippen molar-refractivity contribution < 1.29 is 14.2 Å². The molecule has 1 saturated carbocycles. The van der Waals surface area contributed by atoms with Gasteiger partial charge in [-0.3, -0.25) is 14.3 Å². The number of ether oxygens (including phenoxy) is 3. The SMILES string of the molecule is C=C(C)C12OC3(CCCC3)OC1C(CC)OC2n1ccc(=O)[nH]c1=O. The molecule has 0 bridgehead atoms. The summed E-state index contributed by atoms with van der Waals surface area (Å²) in [5.41, 5.74) is -1.14. The highest BCUT2D eigenvalue weighted by Crippen LogP contribution is 2.58. The van der Waals surface area contributed by atoms with E-state index >= 15 is 0 Å². The summed E-state index contributed by atoms with van der Waals surface area (Å²) in [7, 11) is 0. The Morgan fingerprint density at radius 1 is 1.40 bits per heavy atom. The van der Waals surface area contributed by atoms with Crippen molar-refractivity contribution in [2.24, 2.45) is 0 Å². The fourth-order valence-corrected chi connectivity index (χ4v) is 4.46. The molecule has 7 heteroatoms. The molecule has 25 heavy (non-hydrogen) atoms. The summed E-state index contributed by atoms with van der Waals surface area (Å²) in [6.07, 6.45) is 4.72. The fraction of sp³-hybridized carbons (Fsp3) is 0.667. The second kappa shape index (κ2) is 5.65. The van der Waals surface area contributed by atoms with E-state index in [-0.39, 0.29) is 12.2 Å². The molecule has 0 amide bonds. The van der Waals surface area contributed by atoms with Crippen molar-refractivity contribution in [1.82, 2.24) is 9.55 Å². The Hall–Kier alpha value is -1.70. The summed E-state index contributed by atoms with van der Waals surface area (Å²) in [6.45, 7) is 8.05. The molecule has 1 spiro atoms. The van der Waals surface area contributed by atoms with E-state index < -0.39 is 28.9 Å². The lowest BCUT2D eigenvalue weighted by molar-refractivity contribution is -0.227. The van der Waals surface area contributed by atoms with Crippen molar-refractivity contribution in [3.8, 4) is 0 Å². The molecule has 0 radical (unpaired) electrons. The van der Waals surface area contributed by atoms with Gasteiger partial charge in [-0.25, -0.2) is 4.79 Å². The highest BCUT2D eigenvalue weighted by atomic mass is 16.8. The zero-order chi connectivity index (χ0) is 17.8. The third-order valence-electron chi connectivity index (χ3n) is 5.67. The van der Waals surface area contributed by atoms with E-state index in [1.165, 1.54) is 16.8 Å². The van der Waals surface area contributed by atoms with E-state index in [4.69, 9.17) is 14.2 Å². The Bertz CT molecular complexity index is 806. The van der Waals surface area contributed by atoms with Gasteiger partial charge in [0.2, 0.25) is 0 Å². The van der Waals surface area contributed by atoms with Crippen molar-refractivity contribution in [3.63, 3.8) is 0 Å². The van der Waals surface area contributed by atoms with Crippen LogP contribution in [0.2, 0.25) is 0 Å². The second-order valence-corrected chi connectivity index (χ2v) is 7.28. The number of hydrogen-bond acceptors (Lipinski definition) is 5. The van der Waals surface area contributed by atoms with Crippen molar-refractivity contribution in [2.45, 2.75) is 75.8 Å². The third-order valence-corrected chi connectivity index (χ3v) is 5.67. The molecular weight excluding hydrogens is 324 g/mol. The van der Waals surface area contributed by atoms with Crippen molar-refractivity contribution in [1.29, 1.82) is 0 Å². The van der Waals surface area contributed by atoms with Gasteiger partial charge in [0.05, 0.1) is 6.10 Å². The number of fused-ring (bicyclic) bond motifs is 1. The Morgan fingerprint density at radius 3 is 2.72 bits per heavy atom. The first-order chi connectivity index (χ1) is 11.9. The van der Waals surface area contributed by atoms with Crippen molar-refractivity contribution in [3.05, 3.63) is 45.3 Å². The Morgan fingerprint density at radius 2 is 2.12 bits per heavy atom. The molecule has 136 valence electrons. The van der Waals surface area contributed by atoms with Crippen LogP contribution in [0.4, 0.5) is 0 Å². The standard InChI is InChI=1S/C18H24N2O5/c1-4-12-14-18(11(2)3,25-17(24-14)8-5-6-9-17)15(23-12)20-10-7-13(21)19-16(20)22/h7,10,12,14-15H,2,4-6,8-9H2,1,3H3,(H,19,21,22). The van der Waals surface area contributed by atoms with Crippen LogP contribution in [0.1, 0.15) is 52.2 Å². The van der Waals surface area contributed by atoms with Gasteiger partial charge in [0.25, 0.3) is 5.56 Å². The second-order valence-electron chi connectivity index (χ2n) is 7.28. The van der Waals surface area contributed by atoms with Gasteiger partial charge >= 0.3 is 5.69 Å². The van der Waals surface area contributed by atoms with Crippen LogP contribution in [0.25, 0.3) is 0 Å². The number of rotatable bonds is 3. The number of hydrogen-bond donors (Lipinski definition) is 1. The van der Waals surface area contributed by atoms with Crippen LogP contribution < -0.4 is 11.2 Å². The Labute approximate surface area is 145 Å². The highest BCUT2D eigenvalue weighted by Gasteiger charge is 2.69. The lowest BCUT2D eigenvalue weighted by atomic mass is 9.87. The van der Waals surface area contributed by atoms with Gasteiger partial charge in [-0.15, -0.1) is 0 Å². The summed E-state index contributed by atoms with van der Waals surface area (Å²) < 4.78 is 20.6. The van der Waals surface area contributed by atoms with Gasteiger partial charge in [-0.1, -0.05) is 13.5 Å². The van der Waals surface area contributed by atoms with Gasteiger partial charge in [0.15, 0.2) is 17.6 Å². The molecule has 3 heterocycles. The maximum absolute atomic E-state index is 12.4. The van der Waals surface area contributed by atoms with Gasteiger partial charge in [0.1, 0.15) is 6.10 Å². The Balaban J connectivity index is 1.85. The summed E-state index contributed by atoms with van der Waals surface area (Å²) in [5, 5.41) is 0. The lowest BCUT2D eigenvalue weighted by Crippen LogP contribution is -2.48. The maximum Gasteiger partial charge on any atom is 0.330 e. The molecule has 7 nitrogen and oxygen atoms in total. The van der Waals surface area contributed by atoms with Gasteiger partial charge in [-0.05, 0) is 31.8 Å². The quantitative estimate of drug-likeness (QED) is 0.843. The number of aromatic nitrogens is 2. The first-order valence-corrected chi connectivity index (χ1v) is 8.93. The van der Waals surface area contributed by atoms with E-state index in [1.807, 2.05) is 13.8 Å². The maximum atomic E-state index is 12.4. The summed E-state index contributed by atoms with van der Waals surface area (Å²) in [5.74, 6) is -0.620. The fourth-order valence-electron chi connectivity index (χ4n) is 4.46. The number of nitrogens with one attached hydrogen (secondary N) is 1. The van der Waals surface area contributed by atoms with Crippen LogP contribution in [0.5, 0.6) is 0 Å². The normalized spacial score (nSPS) is 36.0. The van der Waals surface area contributed by atoms with Gasteiger partial charge in [0, 0.05) is 25.1 Å². The molecule has 1 aromatic rings. The molecule has 4 unspecified atom stereocenters. The van der Waals surface area contributed by atoms with Crippen LogP contribution in [-0.4, -0.2) is 33.1 Å². The van der Waals surface area contributed by atoms with Crippen LogP contribution in [0.15, 0.2) is 34.0 Å². The molecular formula is C18H24N2O5. The smallest absolute Gasteiger partial charge is 0.330 e. The highest BCUT2D eigenvalue weighted by molar-refractivity contribution is 5.25. The first kappa shape index (κ1) is 16.8. The average molecular weight is 348 g/mol. The minimum Gasteiger partial charge on any atom is -0.348 e. The topological polar surface area (TPSA) is 82.6 Å². The van der Waals surface area contributed by atoms with E-state index in [9.17, 15) is 9.59 Å². The van der Waals surface area contributed by atoms with E-state index in [2.05, 4.69) is 11.6 Å². The van der Waals surface area contributed by atoms with Crippen molar-refractivity contribution in [2.75, 3.05) is 0 Å². The Kier molecular flexibility index (Phi) is 3.79. The van der Waals surface area contributed by atoms with Gasteiger partial charge in [-0.2, -0.15) is 0 Å². The largest absolute Gasteiger partial charge is 0.348 e. The predicted octanol–water partition coefficient (Wildman–Crippen LogP) is 1.84. The van der Waals surface area contributed by atoms with Crippen LogP contribution in [0, 0.1) is 0 Å². The number of aromatic amines is 1. The number of H-pyrrole nitrogens is 1. The molecule has 4 atom stereocenters.